The van der Waals surface area contributed by atoms with Crippen LogP contribution in [-0.2, 0) is 17.6 Å². The summed E-state index contributed by atoms with van der Waals surface area (Å²) < 4.78 is 0. The van der Waals surface area contributed by atoms with Crippen LogP contribution in [-0.4, -0.2) is 21.6 Å². The molecule has 1 aliphatic rings. The molecule has 0 atom stereocenters. The second-order valence-electron chi connectivity index (χ2n) is 7.74. The molecule has 1 aromatic carbocycles. The summed E-state index contributed by atoms with van der Waals surface area (Å²) in [6, 6.07) is 10.7. The Labute approximate surface area is 198 Å². The fraction of sp³-hybridized carbons (Fsp3) is 0.250. The van der Waals surface area contributed by atoms with E-state index in [-0.39, 0.29) is 11.7 Å². The number of aryl methyl sites for hydroxylation is 2. The summed E-state index contributed by atoms with van der Waals surface area (Å²) in [5, 5.41) is 17.2. The van der Waals surface area contributed by atoms with Gasteiger partial charge in [0, 0.05) is 15.8 Å². The average Bonchev–Trinajstić information content (AvgIpc) is 3.39. The summed E-state index contributed by atoms with van der Waals surface area (Å²) >= 11 is 4.55. The fourth-order valence-electron chi connectivity index (χ4n) is 3.97. The van der Waals surface area contributed by atoms with E-state index < -0.39 is 0 Å². The molecule has 0 radical (unpaired) electrons. The van der Waals surface area contributed by atoms with Gasteiger partial charge in [-0.2, -0.15) is 5.26 Å². The van der Waals surface area contributed by atoms with E-state index in [1.165, 1.54) is 22.2 Å². The molecule has 5 rings (SSSR count). The highest BCUT2D eigenvalue weighted by Gasteiger charge is 2.22. The Hall–Kier alpha value is -2.73. The molecular weight excluding hydrogens is 456 g/mol. The highest BCUT2D eigenvalue weighted by atomic mass is 32.2. The van der Waals surface area contributed by atoms with E-state index in [2.05, 4.69) is 57.9 Å². The van der Waals surface area contributed by atoms with Crippen molar-refractivity contribution < 1.29 is 4.79 Å². The molecule has 4 aromatic rings. The van der Waals surface area contributed by atoms with E-state index in [1.807, 2.05) is 0 Å². The van der Waals surface area contributed by atoms with Crippen LogP contribution in [0.1, 0.15) is 34.4 Å². The van der Waals surface area contributed by atoms with Crippen LogP contribution in [0.2, 0.25) is 0 Å². The molecule has 0 saturated carbocycles. The number of anilines is 1. The first-order valence-electron chi connectivity index (χ1n) is 10.4. The minimum Gasteiger partial charge on any atom is -0.316 e. The van der Waals surface area contributed by atoms with E-state index >= 15 is 0 Å². The lowest BCUT2D eigenvalue weighted by Gasteiger charge is -2.09. The Kier molecular flexibility index (Phi) is 5.96. The van der Waals surface area contributed by atoms with Crippen molar-refractivity contribution in [1.29, 1.82) is 5.26 Å². The molecule has 1 aliphatic carbocycles. The highest BCUT2D eigenvalue weighted by Crippen LogP contribution is 2.39. The first kappa shape index (κ1) is 21.1. The monoisotopic (exact) mass is 476 g/mol. The van der Waals surface area contributed by atoms with Crippen LogP contribution in [0.3, 0.4) is 0 Å². The van der Waals surface area contributed by atoms with Crippen molar-refractivity contribution in [2.45, 2.75) is 37.6 Å². The predicted octanol–water partition coefficient (Wildman–Crippen LogP) is 6.21. The maximum absolute atomic E-state index is 12.8. The number of nitriles is 1. The molecule has 32 heavy (non-hydrogen) atoms. The smallest absolute Gasteiger partial charge is 0.235 e. The maximum atomic E-state index is 12.8. The number of thioether (sulfide) groups is 1. The number of aromatic nitrogens is 2. The van der Waals surface area contributed by atoms with Gasteiger partial charge in [0.2, 0.25) is 5.91 Å². The summed E-state index contributed by atoms with van der Waals surface area (Å²) in [4.78, 5) is 23.8. The van der Waals surface area contributed by atoms with Crippen molar-refractivity contribution in [2.24, 2.45) is 0 Å². The van der Waals surface area contributed by atoms with Gasteiger partial charge in [-0.25, -0.2) is 9.97 Å². The number of rotatable bonds is 5. The third-order valence-corrected chi connectivity index (χ3v) is 8.66. The number of hydrogen-bond acceptors (Lipinski definition) is 7. The first-order valence-corrected chi connectivity index (χ1v) is 13.1. The predicted molar refractivity (Wildman–Crippen MR) is 133 cm³/mol. The average molecular weight is 477 g/mol. The summed E-state index contributed by atoms with van der Waals surface area (Å²) in [6.07, 6.45) is 5.74. The van der Waals surface area contributed by atoms with Crippen LogP contribution in [0.25, 0.3) is 21.3 Å². The molecule has 1 N–H and O–H groups in total. The Morgan fingerprint density at radius 2 is 2.03 bits per heavy atom. The van der Waals surface area contributed by atoms with Gasteiger partial charge in [-0.1, -0.05) is 41.6 Å². The number of thiophene rings is 2. The largest absolute Gasteiger partial charge is 0.316 e. The summed E-state index contributed by atoms with van der Waals surface area (Å²) in [5.74, 6) is 0.104. The molecule has 0 saturated heterocycles. The molecule has 3 heterocycles. The number of amides is 1. The second-order valence-corrected chi connectivity index (χ2v) is 10.7. The normalized spacial score (nSPS) is 13.0. The first-order chi connectivity index (χ1) is 15.6. The van der Waals surface area contributed by atoms with Gasteiger partial charge in [-0.15, -0.1) is 22.7 Å². The number of carbonyl (C=O) groups excluding carboxylic acids is 1. The zero-order valence-electron chi connectivity index (χ0n) is 17.5. The molecule has 0 spiro atoms. The van der Waals surface area contributed by atoms with Crippen LogP contribution in [0.5, 0.6) is 0 Å². The molecule has 0 fully saturated rings. The van der Waals surface area contributed by atoms with Gasteiger partial charge in [0.1, 0.15) is 27.3 Å². The molecule has 0 bridgehead atoms. The standard InChI is InChI=1S/C24H20N4OS3/c1-14-6-8-15(9-7-14)18-11-30-23-21(18)24(27-13-26-23)31-12-20(29)28-22-17(10-25)16-4-2-3-5-19(16)32-22/h6-9,11,13H,2-5,12H2,1H3,(H,28,29). The minimum atomic E-state index is -0.121. The zero-order chi connectivity index (χ0) is 22.1. The third kappa shape index (κ3) is 4.04. The molecule has 1 amide bonds. The Bertz CT molecular complexity index is 1350. The Balaban J connectivity index is 1.36. The number of benzene rings is 1. The number of nitrogens with zero attached hydrogens (tertiary/aromatic N) is 3. The Morgan fingerprint density at radius 1 is 1.22 bits per heavy atom. The van der Waals surface area contributed by atoms with Crippen molar-refractivity contribution in [3.05, 3.63) is 57.5 Å². The van der Waals surface area contributed by atoms with Crippen LogP contribution in [0.4, 0.5) is 5.00 Å². The summed E-state index contributed by atoms with van der Waals surface area (Å²) in [7, 11) is 0. The summed E-state index contributed by atoms with van der Waals surface area (Å²) in [5.41, 5.74) is 5.19. The summed E-state index contributed by atoms with van der Waals surface area (Å²) in [6.45, 7) is 2.07. The van der Waals surface area contributed by atoms with Crippen molar-refractivity contribution in [1.82, 2.24) is 9.97 Å². The lowest BCUT2D eigenvalue weighted by atomic mass is 9.96. The molecule has 0 aliphatic heterocycles. The fourth-order valence-corrected chi connectivity index (χ4v) is 7.02. The van der Waals surface area contributed by atoms with Crippen LogP contribution in [0.15, 0.2) is 41.0 Å². The van der Waals surface area contributed by atoms with Gasteiger partial charge in [-0.05, 0) is 43.7 Å². The van der Waals surface area contributed by atoms with Gasteiger partial charge < -0.3 is 5.32 Å². The minimum absolute atomic E-state index is 0.121. The van der Waals surface area contributed by atoms with E-state index in [0.29, 0.717) is 10.6 Å². The van der Waals surface area contributed by atoms with Gasteiger partial charge >= 0.3 is 0 Å². The van der Waals surface area contributed by atoms with E-state index in [9.17, 15) is 10.1 Å². The van der Waals surface area contributed by atoms with Gasteiger partial charge in [-0.3, -0.25) is 4.79 Å². The Morgan fingerprint density at radius 3 is 2.84 bits per heavy atom. The van der Waals surface area contributed by atoms with Crippen LogP contribution >= 0.6 is 34.4 Å². The molecular formula is C24H20N4OS3. The van der Waals surface area contributed by atoms with Gasteiger partial charge in [0.15, 0.2) is 0 Å². The topological polar surface area (TPSA) is 78.7 Å². The van der Waals surface area contributed by atoms with Gasteiger partial charge in [0.05, 0.1) is 16.7 Å². The quantitative estimate of drug-likeness (QED) is 0.274. The van der Waals surface area contributed by atoms with Gasteiger partial charge in [0.25, 0.3) is 0 Å². The molecule has 5 nitrogen and oxygen atoms in total. The van der Waals surface area contributed by atoms with E-state index in [0.717, 1.165) is 57.6 Å². The number of hydrogen-bond donors (Lipinski definition) is 1. The van der Waals surface area contributed by atoms with Crippen molar-refractivity contribution >= 4 is 55.6 Å². The molecule has 8 heteroatoms. The SMILES string of the molecule is Cc1ccc(-c2csc3ncnc(SCC(=O)Nc4sc5c(c4C#N)CCCC5)c23)cc1. The van der Waals surface area contributed by atoms with Crippen molar-refractivity contribution in [3.63, 3.8) is 0 Å². The molecule has 3 aromatic heterocycles. The van der Waals surface area contributed by atoms with Crippen LogP contribution in [0, 0.1) is 18.3 Å². The highest BCUT2D eigenvalue weighted by molar-refractivity contribution is 8.00. The second kappa shape index (κ2) is 9.02. The van der Waals surface area contributed by atoms with E-state index in [1.54, 1.807) is 29.0 Å². The van der Waals surface area contributed by atoms with Crippen molar-refractivity contribution in [2.75, 3.05) is 11.1 Å². The lowest BCUT2D eigenvalue weighted by molar-refractivity contribution is -0.113. The lowest BCUT2D eigenvalue weighted by Crippen LogP contribution is -2.14. The maximum Gasteiger partial charge on any atom is 0.235 e. The third-order valence-electron chi connectivity index (χ3n) is 5.57. The zero-order valence-corrected chi connectivity index (χ0v) is 19.9. The van der Waals surface area contributed by atoms with E-state index in [4.69, 9.17) is 0 Å². The van der Waals surface area contributed by atoms with Crippen LogP contribution < -0.4 is 5.32 Å². The van der Waals surface area contributed by atoms with Crippen molar-refractivity contribution in [3.8, 4) is 17.2 Å². The number of fused-ring (bicyclic) bond motifs is 2. The molecule has 160 valence electrons. The number of nitrogens with one attached hydrogen (secondary N) is 1. The number of carbonyl (C=O) groups is 1. The molecule has 0 unspecified atom stereocenters.